The topological polar surface area (TPSA) is 115 Å². The Morgan fingerprint density at radius 1 is 1.42 bits per heavy atom. The Morgan fingerprint density at radius 2 is 2.12 bits per heavy atom. The molecule has 4 N–H and O–H groups in total. The highest BCUT2D eigenvalue weighted by Crippen LogP contribution is 2.33. The Morgan fingerprint density at radius 3 is 2.71 bits per heavy atom. The molecule has 0 aliphatic heterocycles. The molecule has 1 atom stereocenters. The van der Waals surface area contributed by atoms with Crippen molar-refractivity contribution in [1.82, 2.24) is 10.3 Å². The maximum absolute atomic E-state index is 11.4. The third-order valence-electron chi connectivity index (χ3n) is 3.75. The van der Waals surface area contributed by atoms with Gasteiger partial charge < -0.3 is 20.9 Å². The molecule has 7 heteroatoms. The van der Waals surface area contributed by atoms with Crippen molar-refractivity contribution in [2.45, 2.75) is 33.2 Å². The SMILES string of the molecule is CCC(COc1cccc2nc(C)c(C(=O)O)c(N)c12)NC(C)=O. The Hall–Kier alpha value is -2.83. The van der Waals surface area contributed by atoms with Crippen LogP contribution in [0, 0.1) is 6.92 Å². The van der Waals surface area contributed by atoms with Crippen molar-refractivity contribution < 1.29 is 19.4 Å². The predicted octanol–water partition coefficient (Wildman–Crippen LogP) is 2.12. The molecule has 0 aliphatic rings. The van der Waals surface area contributed by atoms with Crippen LogP contribution < -0.4 is 15.8 Å². The van der Waals surface area contributed by atoms with Gasteiger partial charge in [-0.15, -0.1) is 0 Å². The van der Waals surface area contributed by atoms with E-state index in [1.807, 2.05) is 6.92 Å². The molecule has 1 aromatic heterocycles. The molecule has 2 rings (SSSR count). The minimum absolute atomic E-state index is 0.0209. The molecule has 1 amide bonds. The van der Waals surface area contributed by atoms with Crippen molar-refractivity contribution in [2.75, 3.05) is 12.3 Å². The van der Waals surface area contributed by atoms with Crippen LogP contribution in [0.1, 0.15) is 36.3 Å². The first-order valence-electron chi connectivity index (χ1n) is 7.67. The van der Waals surface area contributed by atoms with Gasteiger partial charge in [0.15, 0.2) is 0 Å². The molecule has 0 spiro atoms. The van der Waals surface area contributed by atoms with E-state index in [-0.39, 0.29) is 29.8 Å². The number of rotatable bonds is 6. The lowest BCUT2D eigenvalue weighted by Gasteiger charge is -2.18. The number of fused-ring (bicyclic) bond motifs is 1. The number of amides is 1. The van der Waals surface area contributed by atoms with E-state index >= 15 is 0 Å². The molecule has 0 aliphatic carbocycles. The van der Waals surface area contributed by atoms with E-state index < -0.39 is 5.97 Å². The fourth-order valence-electron chi connectivity index (χ4n) is 2.57. The van der Waals surface area contributed by atoms with Crippen LogP contribution in [0.2, 0.25) is 0 Å². The van der Waals surface area contributed by atoms with Crippen molar-refractivity contribution in [3.63, 3.8) is 0 Å². The number of pyridine rings is 1. The molecule has 7 nitrogen and oxygen atoms in total. The van der Waals surface area contributed by atoms with Gasteiger partial charge in [-0.25, -0.2) is 4.79 Å². The molecule has 24 heavy (non-hydrogen) atoms. The highest BCUT2D eigenvalue weighted by molar-refractivity contribution is 6.06. The van der Waals surface area contributed by atoms with Gasteiger partial charge in [0.05, 0.1) is 28.3 Å². The minimum atomic E-state index is -1.13. The van der Waals surface area contributed by atoms with Crippen LogP contribution in [0.3, 0.4) is 0 Å². The van der Waals surface area contributed by atoms with Crippen LogP contribution >= 0.6 is 0 Å². The van der Waals surface area contributed by atoms with Crippen LogP contribution in [-0.2, 0) is 4.79 Å². The standard InChI is InChI=1S/C17H21N3O4/c1-4-11(20-10(3)21)8-24-13-7-5-6-12-15(13)16(18)14(17(22)23)9(2)19-12/h5-7,11H,4,8H2,1-3H3,(H2,18,19)(H,20,21)(H,22,23). The highest BCUT2D eigenvalue weighted by atomic mass is 16.5. The lowest BCUT2D eigenvalue weighted by molar-refractivity contribution is -0.119. The average molecular weight is 331 g/mol. The molecule has 128 valence electrons. The summed E-state index contributed by atoms with van der Waals surface area (Å²) in [5.41, 5.74) is 7.11. The summed E-state index contributed by atoms with van der Waals surface area (Å²) in [6.07, 6.45) is 0.706. The first-order chi connectivity index (χ1) is 11.3. The van der Waals surface area contributed by atoms with Crippen LogP contribution in [0.25, 0.3) is 10.9 Å². The van der Waals surface area contributed by atoms with Crippen molar-refractivity contribution in [3.05, 3.63) is 29.5 Å². The summed E-state index contributed by atoms with van der Waals surface area (Å²) in [7, 11) is 0. The summed E-state index contributed by atoms with van der Waals surface area (Å²) in [6.45, 7) is 5.25. The molecule has 0 saturated heterocycles. The number of hydrogen-bond acceptors (Lipinski definition) is 5. The number of aromatic nitrogens is 1. The van der Waals surface area contributed by atoms with Gasteiger partial charge in [0.25, 0.3) is 0 Å². The lowest BCUT2D eigenvalue weighted by atomic mass is 10.1. The summed E-state index contributed by atoms with van der Waals surface area (Å²) in [5.74, 6) is -0.809. The number of carboxylic acid groups (broad SMARTS) is 1. The quantitative estimate of drug-likeness (QED) is 0.747. The minimum Gasteiger partial charge on any atom is -0.491 e. The molecule has 0 radical (unpaired) electrons. The Kier molecular flexibility index (Phi) is 5.23. The number of nitrogens with one attached hydrogen (secondary N) is 1. The van der Waals surface area contributed by atoms with Crippen molar-refractivity contribution in [1.29, 1.82) is 0 Å². The maximum atomic E-state index is 11.4. The number of nitrogens with zero attached hydrogens (tertiary/aromatic N) is 1. The molecular formula is C17H21N3O4. The van der Waals surface area contributed by atoms with Gasteiger partial charge >= 0.3 is 5.97 Å². The van der Waals surface area contributed by atoms with E-state index in [0.29, 0.717) is 28.8 Å². The van der Waals surface area contributed by atoms with E-state index in [2.05, 4.69) is 10.3 Å². The summed E-state index contributed by atoms with van der Waals surface area (Å²) in [4.78, 5) is 26.9. The number of carbonyl (C=O) groups excluding carboxylic acids is 1. The van der Waals surface area contributed by atoms with Crippen molar-refractivity contribution in [3.8, 4) is 5.75 Å². The zero-order chi connectivity index (χ0) is 17.9. The monoisotopic (exact) mass is 331 g/mol. The van der Waals surface area contributed by atoms with Crippen LogP contribution in [0.15, 0.2) is 18.2 Å². The van der Waals surface area contributed by atoms with Gasteiger partial charge in [0.2, 0.25) is 5.91 Å². The van der Waals surface area contributed by atoms with Crippen LogP contribution in [0.5, 0.6) is 5.75 Å². The summed E-state index contributed by atoms with van der Waals surface area (Å²) < 4.78 is 5.80. The number of hydrogen-bond donors (Lipinski definition) is 3. The van der Waals surface area contributed by atoms with Crippen molar-refractivity contribution >= 4 is 28.5 Å². The summed E-state index contributed by atoms with van der Waals surface area (Å²) >= 11 is 0. The average Bonchev–Trinajstić information content (AvgIpc) is 2.50. The lowest BCUT2D eigenvalue weighted by Crippen LogP contribution is -2.37. The number of benzene rings is 1. The van der Waals surface area contributed by atoms with Gasteiger partial charge in [-0.3, -0.25) is 9.78 Å². The number of aryl methyl sites for hydroxylation is 1. The number of carboxylic acids is 1. The van der Waals surface area contributed by atoms with Gasteiger partial charge in [0, 0.05) is 6.92 Å². The number of ether oxygens (including phenoxy) is 1. The number of aromatic carboxylic acids is 1. The Bertz CT molecular complexity index is 789. The molecule has 1 unspecified atom stereocenters. The molecule has 0 fully saturated rings. The molecule has 1 aromatic carbocycles. The second-order valence-corrected chi connectivity index (χ2v) is 5.56. The predicted molar refractivity (Wildman–Crippen MR) is 91.2 cm³/mol. The second-order valence-electron chi connectivity index (χ2n) is 5.56. The third kappa shape index (κ3) is 3.56. The maximum Gasteiger partial charge on any atom is 0.339 e. The van der Waals surface area contributed by atoms with E-state index in [1.165, 1.54) is 6.92 Å². The molecular weight excluding hydrogens is 310 g/mol. The highest BCUT2D eigenvalue weighted by Gasteiger charge is 2.19. The fraction of sp³-hybridized carbons (Fsp3) is 0.353. The van der Waals surface area contributed by atoms with E-state index in [1.54, 1.807) is 25.1 Å². The smallest absolute Gasteiger partial charge is 0.339 e. The third-order valence-corrected chi connectivity index (χ3v) is 3.75. The summed E-state index contributed by atoms with van der Waals surface area (Å²) in [5, 5.41) is 12.6. The fourth-order valence-corrected chi connectivity index (χ4v) is 2.57. The van der Waals surface area contributed by atoms with Crippen LogP contribution in [-0.4, -0.2) is 34.6 Å². The normalized spacial score (nSPS) is 12.0. The number of anilines is 1. The molecule has 2 aromatic rings. The van der Waals surface area contributed by atoms with E-state index in [4.69, 9.17) is 10.5 Å². The first-order valence-corrected chi connectivity index (χ1v) is 7.67. The first kappa shape index (κ1) is 17.5. The Labute approximate surface area is 139 Å². The van der Waals surface area contributed by atoms with Gasteiger partial charge in [0.1, 0.15) is 17.9 Å². The van der Waals surface area contributed by atoms with Gasteiger partial charge in [-0.05, 0) is 25.5 Å². The zero-order valence-corrected chi connectivity index (χ0v) is 13.9. The van der Waals surface area contributed by atoms with E-state index in [9.17, 15) is 14.7 Å². The second kappa shape index (κ2) is 7.16. The van der Waals surface area contributed by atoms with Crippen molar-refractivity contribution in [2.24, 2.45) is 0 Å². The van der Waals surface area contributed by atoms with Crippen LogP contribution in [0.4, 0.5) is 5.69 Å². The largest absolute Gasteiger partial charge is 0.491 e. The zero-order valence-electron chi connectivity index (χ0n) is 13.9. The number of nitrogen functional groups attached to an aromatic ring is 1. The molecule has 0 saturated carbocycles. The Balaban J connectivity index is 2.42. The van der Waals surface area contributed by atoms with Gasteiger partial charge in [-0.1, -0.05) is 13.0 Å². The van der Waals surface area contributed by atoms with Gasteiger partial charge in [-0.2, -0.15) is 0 Å². The summed E-state index contributed by atoms with van der Waals surface area (Å²) in [6, 6.07) is 5.09. The molecule has 0 bridgehead atoms. The molecule has 1 heterocycles. The number of nitrogens with two attached hydrogens (primary N) is 1. The van der Waals surface area contributed by atoms with E-state index in [0.717, 1.165) is 0 Å². The number of carbonyl (C=O) groups is 2.